The first-order valence-corrected chi connectivity index (χ1v) is 7.39. The molecule has 2 rings (SSSR count). The molecule has 0 saturated carbocycles. The standard InChI is InChI=1S/C17H24O2/c1-2-3-4-5-6-7-8-15-9-11-16(12-10-15)18-13-17-14-19-17/h7-12,17H,2-6,13-14H2,1H3/b8-7+. The van der Waals surface area contributed by atoms with Gasteiger partial charge in [0.2, 0.25) is 0 Å². The summed E-state index contributed by atoms with van der Waals surface area (Å²) >= 11 is 0. The fourth-order valence-corrected chi connectivity index (χ4v) is 1.94. The Kier molecular flexibility index (Phi) is 5.96. The molecular formula is C17H24O2. The maximum absolute atomic E-state index is 5.61. The molecule has 0 N–H and O–H groups in total. The Hall–Kier alpha value is -1.28. The highest BCUT2D eigenvalue weighted by molar-refractivity contribution is 5.50. The van der Waals surface area contributed by atoms with E-state index in [4.69, 9.17) is 9.47 Å². The molecule has 1 aromatic rings. The molecule has 1 heterocycles. The molecule has 0 radical (unpaired) electrons. The van der Waals surface area contributed by atoms with E-state index in [1.54, 1.807) is 0 Å². The third-order valence-electron chi connectivity index (χ3n) is 3.25. The lowest BCUT2D eigenvalue weighted by Gasteiger charge is -2.03. The number of ether oxygens (including phenoxy) is 2. The van der Waals surface area contributed by atoms with Gasteiger partial charge >= 0.3 is 0 Å². The van der Waals surface area contributed by atoms with Crippen LogP contribution in [0.5, 0.6) is 5.75 Å². The third kappa shape index (κ3) is 5.93. The third-order valence-corrected chi connectivity index (χ3v) is 3.25. The maximum Gasteiger partial charge on any atom is 0.119 e. The molecule has 0 aromatic heterocycles. The second-order valence-corrected chi connectivity index (χ2v) is 5.09. The highest BCUT2D eigenvalue weighted by atomic mass is 16.6. The van der Waals surface area contributed by atoms with Crippen molar-refractivity contribution in [1.82, 2.24) is 0 Å². The number of hydrogen-bond donors (Lipinski definition) is 0. The molecule has 0 spiro atoms. The van der Waals surface area contributed by atoms with Gasteiger partial charge in [0.1, 0.15) is 18.5 Å². The minimum Gasteiger partial charge on any atom is -0.491 e. The van der Waals surface area contributed by atoms with E-state index in [0.717, 1.165) is 12.4 Å². The molecule has 0 aliphatic carbocycles. The van der Waals surface area contributed by atoms with Gasteiger partial charge in [-0.25, -0.2) is 0 Å². The van der Waals surface area contributed by atoms with E-state index < -0.39 is 0 Å². The van der Waals surface area contributed by atoms with Crippen molar-refractivity contribution < 1.29 is 9.47 Å². The zero-order valence-corrected chi connectivity index (χ0v) is 11.8. The highest BCUT2D eigenvalue weighted by Gasteiger charge is 2.22. The Morgan fingerprint density at radius 2 is 2.00 bits per heavy atom. The number of rotatable bonds is 9. The number of allylic oxidation sites excluding steroid dienone is 1. The molecule has 2 heteroatoms. The molecule has 104 valence electrons. The van der Waals surface area contributed by atoms with Gasteiger partial charge in [-0.05, 0) is 30.5 Å². The van der Waals surface area contributed by atoms with Gasteiger partial charge in [0.05, 0.1) is 6.61 Å². The van der Waals surface area contributed by atoms with Gasteiger partial charge in [-0.2, -0.15) is 0 Å². The number of benzene rings is 1. The van der Waals surface area contributed by atoms with Crippen molar-refractivity contribution in [3.63, 3.8) is 0 Å². The smallest absolute Gasteiger partial charge is 0.119 e. The molecule has 1 aliphatic rings. The van der Waals surface area contributed by atoms with Crippen LogP contribution in [0.4, 0.5) is 0 Å². The van der Waals surface area contributed by atoms with Crippen LogP contribution in [0.25, 0.3) is 6.08 Å². The summed E-state index contributed by atoms with van der Waals surface area (Å²) in [6.07, 6.45) is 11.3. The predicted molar refractivity (Wildman–Crippen MR) is 79.5 cm³/mol. The Bertz CT molecular complexity index is 377. The Morgan fingerprint density at radius 1 is 1.21 bits per heavy atom. The summed E-state index contributed by atoms with van der Waals surface area (Å²) in [5.41, 5.74) is 1.24. The van der Waals surface area contributed by atoms with E-state index in [2.05, 4.69) is 31.2 Å². The molecule has 1 aromatic carbocycles. The number of unbranched alkanes of at least 4 members (excludes halogenated alkanes) is 4. The van der Waals surface area contributed by atoms with Gasteiger partial charge in [0.25, 0.3) is 0 Å². The summed E-state index contributed by atoms with van der Waals surface area (Å²) in [5.74, 6) is 0.926. The number of hydrogen-bond acceptors (Lipinski definition) is 2. The average molecular weight is 260 g/mol. The molecular weight excluding hydrogens is 236 g/mol. The average Bonchev–Trinajstić information content (AvgIpc) is 3.26. The first-order valence-electron chi connectivity index (χ1n) is 7.39. The van der Waals surface area contributed by atoms with Crippen LogP contribution in [-0.4, -0.2) is 19.3 Å². The zero-order chi connectivity index (χ0) is 13.3. The highest BCUT2D eigenvalue weighted by Crippen LogP contribution is 2.16. The zero-order valence-electron chi connectivity index (χ0n) is 11.8. The van der Waals surface area contributed by atoms with Crippen molar-refractivity contribution in [3.8, 4) is 5.75 Å². The van der Waals surface area contributed by atoms with Crippen LogP contribution >= 0.6 is 0 Å². The van der Waals surface area contributed by atoms with Gasteiger partial charge in [0, 0.05) is 0 Å². The first-order chi connectivity index (χ1) is 9.38. The van der Waals surface area contributed by atoms with Crippen molar-refractivity contribution in [3.05, 3.63) is 35.9 Å². The summed E-state index contributed by atoms with van der Waals surface area (Å²) in [6.45, 7) is 3.76. The monoisotopic (exact) mass is 260 g/mol. The lowest BCUT2D eigenvalue weighted by molar-refractivity contribution is 0.263. The topological polar surface area (TPSA) is 21.8 Å². The van der Waals surface area contributed by atoms with Gasteiger partial charge in [-0.3, -0.25) is 0 Å². The van der Waals surface area contributed by atoms with Crippen LogP contribution in [0.3, 0.4) is 0 Å². The molecule has 0 bridgehead atoms. The van der Waals surface area contributed by atoms with Gasteiger partial charge in [-0.1, -0.05) is 50.5 Å². The van der Waals surface area contributed by atoms with E-state index in [0.29, 0.717) is 12.7 Å². The van der Waals surface area contributed by atoms with Crippen LogP contribution < -0.4 is 4.74 Å². The summed E-state index contributed by atoms with van der Waals surface area (Å²) in [6, 6.07) is 8.26. The Balaban J connectivity index is 1.66. The van der Waals surface area contributed by atoms with Crippen LogP contribution in [0.15, 0.2) is 30.3 Å². The van der Waals surface area contributed by atoms with Crippen LogP contribution in [0.1, 0.15) is 44.6 Å². The van der Waals surface area contributed by atoms with Crippen LogP contribution in [-0.2, 0) is 4.74 Å². The quantitative estimate of drug-likeness (QED) is 0.483. The fraction of sp³-hybridized carbons (Fsp3) is 0.529. The van der Waals surface area contributed by atoms with Gasteiger partial charge in [0.15, 0.2) is 0 Å². The van der Waals surface area contributed by atoms with Crippen molar-refractivity contribution in [2.24, 2.45) is 0 Å². The van der Waals surface area contributed by atoms with E-state index in [9.17, 15) is 0 Å². The largest absolute Gasteiger partial charge is 0.491 e. The summed E-state index contributed by atoms with van der Waals surface area (Å²) in [7, 11) is 0. The molecule has 1 aliphatic heterocycles. The summed E-state index contributed by atoms with van der Waals surface area (Å²) < 4.78 is 10.7. The molecule has 1 fully saturated rings. The molecule has 2 nitrogen and oxygen atoms in total. The number of epoxide rings is 1. The molecule has 1 atom stereocenters. The Morgan fingerprint density at radius 3 is 2.68 bits per heavy atom. The van der Waals surface area contributed by atoms with Crippen LogP contribution in [0.2, 0.25) is 0 Å². The van der Waals surface area contributed by atoms with E-state index in [1.807, 2.05) is 12.1 Å². The van der Waals surface area contributed by atoms with Gasteiger partial charge in [-0.15, -0.1) is 0 Å². The molecule has 19 heavy (non-hydrogen) atoms. The van der Waals surface area contributed by atoms with Crippen molar-refractivity contribution in [2.45, 2.75) is 45.1 Å². The fourth-order valence-electron chi connectivity index (χ4n) is 1.94. The second kappa shape index (κ2) is 8.00. The molecule has 1 unspecified atom stereocenters. The Labute approximate surface area is 116 Å². The summed E-state index contributed by atoms with van der Waals surface area (Å²) in [4.78, 5) is 0. The lowest BCUT2D eigenvalue weighted by Crippen LogP contribution is -2.03. The van der Waals surface area contributed by atoms with E-state index >= 15 is 0 Å². The predicted octanol–water partition coefficient (Wildman–Crippen LogP) is 4.45. The molecule has 0 amide bonds. The minimum absolute atomic E-state index is 0.322. The van der Waals surface area contributed by atoms with E-state index in [-0.39, 0.29) is 0 Å². The minimum atomic E-state index is 0.322. The maximum atomic E-state index is 5.61. The molecule has 1 saturated heterocycles. The SMILES string of the molecule is CCCCCC/C=C/c1ccc(OCC2CO2)cc1. The normalized spacial score (nSPS) is 17.8. The van der Waals surface area contributed by atoms with Crippen molar-refractivity contribution >= 4 is 6.08 Å². The van der Waals surface area contributed by atoms with Crippen molar-refractivity contribution in [2.75, 3.05) is 13.2 Å². The summed E-state index contributed by atoms with van der Waals surface area (Å²) in [5, 5.41) is 0. The lowest BCUT2D eigenvalue weighted by atomic mass is 10.1. The first kappa shape index (κ1) is 14.1. The van der Waals surface area contributed by atoms with E-state index in [1.165, 1.54) is 37.7 Å². The van der Waals surface area contributed by atoms with Crippen molar-refractivity contribution in [1.29, 1.82) is 0 Å². The van der Waals surface area contributed by atoms with Crippen LogP contribution in [0, 0.1) is 0 Å². The van der Waals surface area contributed by atoms with Gasteiger partial charge < -0.3 is 9.47 Å². The second-order valence-electron chi connectivity index (χ2n) is 5.09.